The predicted molar refractivity (Wildman–Crippen MR) is 109 cm³/mol. The number of aryl methyl sites for hydroxylation is 1. The Labute approximate surface area is 166 Å². The zero-order valence-corrected chi connectivity index (χ0v) is 16.5. The predicted octanol–water partition coefficient (Wildman–Crippen LogP) is 2.92. The maximum Gasteiger partial charge on any atom is 0.251 e. The Morgan fingerprint density at radius 3 is 2.57 bits per heavy atom. The molecule has 2 amide bonds. The Bertz CT molecular complexity index is 827. The monoisotopic (exact) mass is 380 g/mol. The van der Waals surface area contributed by atoms with Crippen molar-refractivity contribution in [3.8, 4) is 0 Å². The topological polar surface area (TPSA) is 69.6 Å². The summed E-state index contributed by atoms with van der Waals surface area (Å²) >= 11 is 0. The highest BCUT2D eigenvalue weighted by molar-refractivity contribution is 5.95. The van der Waals surface area contributed by atoms with E-state index in [0.717, 1.165) is 11.1 Å². The number of rotatable bonds is 7. The summed E-state index contributed by atoms with van der Waals surface area (Å²) in [6.45, 7) is 4.65. The Hall–Kier alpha value is -2.66. The van der Waals surface area contributed by atoms with Crippen LogP contribution in [0.1, 0.15) is 48.2 Å². The number of benzene rings is 2. The Balaban J connectivity index is 1.57. The molecule has 0 saturated carbocycles. The largest absolute Gasteiger partial charge is 0.390 e. The molecule has 0 aromatic heterocycles. The first-order chi connectivity index (χ1) is 13.3. The molecule has 148 valence electrons. The number of likely N-dealkylation sites (tertiary alicyclic amines) is 1. The van der Waals surface area contributed by atoms with Gasteiger partial charge < -0.3 is 15.3 Å². The quantitative estimate of drug-likeness (QED) is 0.776. The minimum atomic E-state index is -0.731. The Kier molecular flexibility index (Phi) is 6.15. The molecule has 1 aliphatic rings. The van der Waals surface area contributed by atoms with Crippen LogP contribution < -0.4 is 5.32 Å². The van der Waals surface area contributed by atoms with Crippen LogP contribution in [0.2, 0.25) is 0 Å². The molecular weight excluding hydrogens is 352 g/mol. The Morgan fingerprint density at radius 2 is 1.86 bits per heavy atom. The summed E-state index contributed by atoms with van der Waals surface area (Å²) in [6.07, 6.45) is 1.66. The summed E-state index contributed by atoms with van der Waals surface area (Å²) in [6, 6.07) is 17.1. The van der Waals surface area contributed by atoms with Crippen LogP contribution >= 0.6 is 0 Å². The highest BCUT2D eigenvalue weighted by Gasteiger charge is 2.30. The van der Waals surface area contributed by atoms with Crippen LogP contribution in [0.25, 0.3) is 0 Å². The molecule has 0 unspecified atom stereocenters. The normalized spacial score (nSPS) is 17.0. The molecule has 1 saturated heterocycles. The van der Waals surface area contributed by atoms with Crippen molar-refractivity contribution in [2.75, 3.05) is 6.54 Å². The second kappa shape index (κ2) is 8.57. The van der Waals surface area contributed by atoms with Crippen molar-refractivity contribution < 1.29 is 14.7 Å². The van der Waals surface area contributed by atoms with Crippen LogP contribution in [0.15, 0.2) is 54.6 Å². The lowest BCUT2D eigenvalue weighted by Crippen LogP contribution is -2.37. The summed E-state index contributed by atoms with van der Waals surface area (Å²) < 4.78 is 0. The highest BCUT2D eigenvalue weighted by Crippen LogP contribution is 2.17. The Morgan fingerprint density at radius 1 is 1.14 bits per heavy atom. The van der Waals surface area contributed by atoms with Crippen LogP contribution in [0, 0.1) is 0 Å². The SMILES string of the molecule is CC(C)(O)CCc1cccc(C(=O)N[C@@H]2CC(=O)N(Cc3ccccc3)C2)c1. The van der Waals surface area contributed by atoms with E-state index in [9.17, 15) is 14.7 Å². The maximum atomic E-state index is 12.6. The van der Waals surface area contributed by atoms with Crippen LogP contribution in [0.4, 0.5) is 0 Å². The van der Waals surface area contributed by atoms with Gasteiger partial charge in [-0.05, 0) is 49.9 Å². The third-order valence-corrected chi connectivity index (χ3v) is 4.98. The van der Waals surface area contributed by atoms with Gasteiger partial charge in [0.15, 0.2) is 0 Å². The molecule has 1 aliphatic heterocycles. The summed E-state index contributed by atoms with van der Waals surface area (Å²) in [5.74, 6) is -0.0995. The number of nitrogens with one attached hydrogen (secondary N) is 1. The van der Waals surface area contributed by atoms with Crippen LogP contribution in [-0.2, 0) is 17.8 Å². The van der Waals surface area contributed by atoms with Crippen molar-refractivity contribution in [1.82, 2.24) is 10.2 Å². The molecule has 28 heavy (non-hydrogen) atoms. The number of amides is 2. The molecule has 1 fully saturated rings. The zero-order valence-electron chi connectivity index (χ0n) is 16.5. The smallest absolute Gasteiger partial charge is 0.251 e. The summed E-state index contributed by atoms with van der Waals surface area (Å²) in [5.41, 5.74) is 1.96. The molecule has 1 atom stereocenters. The summed E-state index contributed by atoms with van der Waals surface area (Å²) in [4.78, 5) is 26.7. The molecule has 0 spiro atoms. The lowest BCUT2D eigenvalue weighted by atomic mass is 9.98. The van der Waals surface area contributed by atoms with Crippen LogP contribution in [-0.4, -0.2) is 40.0 Å². The second-order valence-corrected chi connectivity index (χ2v) is 8.15. The fourth-order valence-corrected chi connectivity index (χ4v) is 3.41. The number of aliphatic hydroxyl groups is 1. The average molecular weight is 380 g/mol. The van der Waals surface area contributed by atoms with Gasteiger partial charge in [-0.25, -0.2) is 0 Å². The third-order valence-electron chi connectivity index (χ3n) is 4.98. The second-order valence-electron chi connectivity index (χ2n) is 8.15. The van der Waals surface area contributed by atoms with E-state index in [1.54, 1.807) is 24.8 Å². The van der Waals surface area contributed by atoms with E-state index in [2.05, 4.69) is 5.32 Å². The van der Waals surface area contributed by atoms with Crippen molar-refractivity contribution in [1.29, 1.82) is 0 Å². The fraction of sp³-hybridized carbons (Fsp3) is 0.391. The van der Waals surface area contributed by atoms with Gasteiger partial charge in [-0.1, -0.05) is 42.5 Å². The molecule has 5 nitrogen and oxygen atoms in total. The molecular formula is C23H28N2O3. The van der Waals surface area contributed by atoms with Crippen molar-refractivity contribution in [3.63, 3.8) is 0 Å². The fourth-order valence-electron chi connectivity index (χ4n) is 3.41. The first-order valence-electron chi connectivity index (χ1n) is 9.74. The minimum Gasteiger partial charge on any atom is -0.390 e. The first-order valence-corrected chi connectivity index (χ1v) is 9.74. The molecule has 0 aliphatic carbocycles. The lowest BCUT2D eigenvalue weighted by Gasteiger charge is -2.18. The average Bonchev–Trinajstić information content (AvgIpc) is 2.99. The van der Waals surface area contributed by atoms with Crippen molar-refractivity contribution in [2.45, 2.75) is 51.3 Å². The molecule has 0 bridgehead atoms. The van der Waals surface area contributed by atoms with E-state index in [1.807, 2.05) is 48.5 Å². The summed E-state index contributed by atoms with van der Waals surface area (Å²) in [7, 11) is 0. The van der Waals surface area contributed by atoms with E-state index in [0.29, 0.717) is 37.9 Å². The van der Waals surface area contributed by atoms with E-state index < -0.39 is 5.60 Å². The molecule has 2 N–H and O–H groups in total. The molecule has 1 heterocycles. The van der Waals surface area contributed by atoms with E-state index in [1.165, 1.54) is 0 Å². The number of hydrogen-bond donors (Lipinski definition) is 2. The maximum absolute atomic E-state index is 12.6. The van der Waals surface area contributed by atoms with Crippen molar-refractivity contribution >= 4 is 11.8 Å². The van der Waals surface area contributed by atoms with Crippen molar-refractivity contribution in [3.05, 3.63) is 71.3 Å². The molecule has 0 radical (unpaired) electrons. The van der Waals surface area contributed by atoms with Crippen LogP contribution in [0.5, 0.6) is 0 Å². The van der Waals surface area contributed by atoms with Gasteiger partial charge in [0.1, 0.15) is 0 Å². The van der Waals surface area contributed by atoms with Crippen LogP contribution in [0.3, 0.4) is 0 Å². The number of carbonyl (C=O) groups is 2. The van der Waals surface area contributed by atoms with Gasteiger partial charge in [0.2, 0.25) is 5.91 Å². The van der Waals surface area contributed by atoms with Crippen molar-refractivity contribution in [2.24, 2.45) is 0 Å². The number of nitrogens with zero attached hydrogens (tertiary/aromatic N) is 1. The number of carbonyl (C=O) groups excluding carboxylic acids is 2. The minimum absolute atomic E-state index is 0.0630. The van der Waals surface area contributed by atoms with Gasteiger partial charge in [-0.15, -0.1) is 0 Å². The van der Waals surface area contributed by atoms with E-state index in [-0.39, 0.29) is 17.9 Å². The van der Waals surface area contributed by atoms with Gasteiger partial charge in [0.05, 0.1) is 11.6 Å². The molecule has 2 aromatic rings. The van der Waals surface area contributed by atoms with Gasteiger partial charge in [-0.3, -0.25) is 9.59 Å². The van der Waals surface area contributed by atoms with Gasteiger partial charge >= 0.3 is 0 Å². The first kappa shape index (κ1) is 20.1. The highest BCUT2D eigenvalue weighted by atomic mass is 16.3. The molecule has 3 rings (SSSR count). The lowest BCUT2D eigenvalue weighted by molar-refractivity contribution is -0.128. The van der Waals surface area contributed by atoms with Gasteiger partial charge in [0.25, 0.3) is 5.91 Å². The van der Waals surface area contributed by atoms with Gasteiger partial charge in [-0.2, -0.15) is 0 Å². The van der Waals surface area contributed by atoms with E-state index in [4.69, 9.17) is 0 Å². The van der Waals surface area contributed by atoms with E-state index >= 15 is 0 Å². The molecule has 2 aromatic carbocycles. The summed E-state index contributed by atoms with van der Waals surface area (Å²) in [5, 5.41) is 12.9. The standard InChI is InChI=1S/C23H28N2O3/c1-23(2,28)12-11-17-9-6-10-19(13-17)22(27)24-20-14-21(26)25(16-20)15-18-7-4-3-5-8-18/h3-10,13,20,28H,11-12,14-16H2,1-2H3,(H,24,27)/t20-/m1/s1. The third kappa shape index (κ3) is 5.67. The van der Waals surface area contributed by atoms with Gasteiger partial charge in [0, 0.05) is 25.1 Å². The number of hydrogen-bond acceptors (Lipinski definition) is 3. The zero-order chi connectivity index (χ0) is 20.1. The molecule has 5 heteroatoms.